The number of aromatic nitrogens is 4. The molecule has 3 atom stereocenters. The second-order valence-electron chi connectivity index (χ2n) is 17.6. The average molecular weight is 879 g/mol. The van der Waals surface area contributed by atoms with E-state index in [0.717, 1.165) is 96.2 Å². The molecule has 2 aromatic heterocycles. The molecule has 4 aromatic rings. The minimum atomic E-state index is -0.691. The molecular weight excluding hydrogens is 821 g/mol. The van der Waals surface area contributed by atoms with E-state index in [-0.39, 0.29) is 35.1 Å². The Morgan fingerprint density at radius 1 is 0.781 bits per heavy atom. The first kappa shape index (κ1) is 43.3. The Bertz CT molecular complexity index is 2330. The van der Waals surface area contributed by atoms with E-state index in [0.29, 0.717) is 65.2 Å². The van der Waals surface area contributed by atoms with Crippen molar-refractivity contribution in [3.63, 3.8) is 0 Å². The molecule has 0 bridgehead atoms. The van der Waals surface area contributed by atoms with E-state index >= 15 is 0 Å². The number of alkyl carbamates (subject to hydrolysis) is 2. The molecule has 17 nitrogen and oxygen atoms in total. The number of methoxy groups -OCH3 is 2. The van der Waals surface area contributed by atoms with E-state index in [4.69, 9.17) is 28.7 Å². The number of nitrogens with zero attached hydrogens (tertiary/aromatic N) is 3. The molecule has 9 rings (SSSR count). The van der Waals surface area contributed by atoms with Crippen molar-refractivity contribution >= 4 is 24.0 Å². The van der Waals surface area contributed by atoms with Gasteiger partial charge in [-0.2, -0.15) is 0 Å². The van der Waals surface area contributed by atoms with Gasteiger partial charge in [-0.1, -0.05) is 12.1 Å². The highest BCUT2D eigenvalue weighted by atomic mass is 16.5. The molecule has 1 spiro atoms. The van der Waals surface area contributed by atoms with Gasteiger partial charge in [0.15, 0.2) is 0 Å². The van der Waals surface area contributed by atoms with Gasteiger partial charge in [0.2, 0.25) is 11.8 Å². The van der Waals surface area contributed by atoms with E-state index in [9.17, 15) is 19.2 Å². The lowest BCUT2D eigenvalue weighted by atomic mass is 9.83. The summed E-state index contributed by atoms with van der Waals surface area (Å²) < 4.78 is 27.3. The number of fused-ring (bicyclic) bond motifs is 4. The number of nitrogens with one attached hydrogen (secondary N) is 5. The maximum atomic E-state index is 14.1. The first-order valence-electron chi connectivity index (χ1n) is 22.7. The van der Waals surface area contributed by atoms with Crippen LogP contribution >= 0.6 is 0 Å². The number of benzene rings is 2. The number of likely N-dealkylation sites (tertiary alicyclic amines) is 1. The summed E-state index contributed by atoms with van der Waals surface area (Å²) in [6.07, 6.45) is 11.2. The number of unbranched alkanes of at least 4 members (excludes halogenated alkanes) is 1. The second kappa shape index (κ2) is 19.0. The summed E-state index contributed by atoms with van der Waals surface area (Å²) >= 11 is 0. The molecule has 0 unspecified atom stereocenters. The van der Waals surface area contributed by atoms with E-state index in [1.807, 2.05) is 23.4 Å². The number of carbonyl (C=O) groups excluding carboxylic acids is 4. The number of hydrogen-bond acceptors (Lipinski definition) is 11. The molecule has 5 aliphatic rings. The summed E-state index contributed by atoms with van der Waals surface area (Å²) in [6, 6.07) is 11.1. The molecule has 1 aliphatic carbocycles. The number of aromatic amines is 2. The van der Waals surface area contributed by atoms with Crippen LogP contribution in [0.2, 0.25) is 0 Å². The van der Waals surface area contributed by atoms with Gasteiger partial charge >= 0.3 is 12.2 Å². The predicted octanol–water partition coefficient (Wildman–Crippen LogP) is 6.06. The quantitative estimate of drug-likeness (QED) is 0.0920. The molecule has 4 aliphatic heterocycles. The van der Waals surface area contributed by atoms with Gasteiger partial charge in [-0.15, -0.1) is 0 Å². The van der Waals surface area contributed by atoms with Gasteiger partial charge in [0, 0.05) is 73.6 Å². The molecular formula is C47H58N8O9. The molecule has 4 amide bonds. The van der Waals surface area contributed by atoms with Crippen LogP contribution in [-0.4, -0.2) is 115 Å². The van der Waals surface area contributed by atoms with Crippen molar-refractivity contribution in [2.24, 2.45) is 11.8 Å². The maximum Gasteiger partial charge on any atom is 0.407 e. The first-order chi connectivity index (χ1) is 31.2. The van der Waals surface area contributed by atoms with Crippen molar-refractivity contribution in [2.45, 2.75) is 94.2 Å². The standard InChI is InChI=1S/C47H58N8O9/c1-60-45(58)53-40(28-12-20-62-21-13-28)43(56)48-18-4-3-7-39-49-26-34(51-39)31-8-10-32-38(25-31)64-37-11-9-30(24-33(37)47(32)16-17-47)35-27-50-42(52-35)36-6-5-19-55(36)44(57)41(54-46(59)61-2)29-14-22-63-23-15-29/h8-11,24-29,36,40-41H,3-7,12-23H2,1-2H3,(H,48,56)(H,49,51)(H,50,52)(H,53,58)(H,54,59)/t36-,40-,41-/m0/s1. The minimum Gasteiger partial charge on any atom is -0.457 e. The fourth-order valence-corrected chi connectivity index (χ4v) is 10.0. The Hall–Kier alpha value is -5.94. The highest BCUT2D eigenvalue weighted by Gasteiger charge is 2.52. The molecule has 0 radical (unpaired) electrons. The van der Waals surface area contributed by atoms with Crippen molar-refractivity contribution in [1.29, 1.82) is 0 Å². The zero-order chi connectivity index (χ0) is 44.2. The van der Waals surface area contributed by atoms with Crippen molar-refractivity contribution in [1.82, 2.24) is 40.8 Å². The van der Waals surface area contributed by atoms with Crippen LogP contribution in [0.1, 0.15) is 93.0 Å². The van der Waals surface area contributed by atoms with E-state index in [1.165, 1.54) is 19.8 Å². The summed E-state index contributed by atoms with van der Waals surface area (Å²) in [4.78, 5) is 69.8. The summed E-state index contributed by atoms with van der Waals surface area (Å²) in [6.45, 7) is 3.33. The number of rotatable bonds is 14. The third-order valence-corrected chi connectivity index (χ3v) is 13.7. The summed E-state index contributed by atoms with van der Waals surface area (Å²) in [7, 11) is 2.61. The lowest BCUT2D eigenvalue weighted by molar-refractivity contribution is -0.136. The SMILES string of the molecule is COC(=O)N[C@H](C(=O)NCCCCc1ncc(-c2ccc3c(c2)Oc2ccc(-c4cnc([C@@H]5CCCN5C(=O)[C@@H](NC(=O)OC)C5CCOCC5)[nH]4)cc2C32CC2)[nH]1)C1CCOCC1. The lowest BCUT2D eigenvalue weighted by Crippen LogP contribution is -2.53. The highest BCUT2D eigenvalue weighted by molar-refractivity contribution is 5.87. The molecule has 5 N–H and O–H groups in total. The second-order valence-corrected chi connectivity index (χ2v) is 17.6. The molecule has 64 heavy (non-hydrogen) atoms. The van der Waals surface area contributed by atoms with Gasteiger partial charge < -0.3 is 54.5 Å². The number of carbonyl (C=O) groups is 4. The minimum absolute atomic E-state index is 0.000722. The Kier molecular flexibility index (Phi) is 12.9. The average Bonchev–Trinajstić information content (AvgIpc) is 3.67. The molecule has 6 heterocycles. The van der Waals surface area contributed by atoms with Crippen molar-refractivity contribution in [3.05, 3.63) is 71.6 Å². The number of H-pyrrole nitrogens is 2. The van der Waals surface area contributed by atoms with Crippen LogP contribution < -0.4 is 20.7 Å². The van der Waals surface area contributed by atoms with E-state index < -0.39 is 24.3 Å². The third kappa shape index (κ3) is 9.05. The van der Waals surface area contributed by atoms with Gasteiger partial charge in [0.25, 0.3) is 0 Å². The molecule has 4 fully saturated rings. The van der Waals surface area contributed by atoms with Crippen LogP contribution in [0.4, 0.5) is 9.59 Å². The summed E-state index contributed by atoms with van der Waals surface area (Å²) in [5.74, 6) is 2.94. The third-order valence-electron chi connectivity index (χ3n) is 13.7. The van der Waals surface area contributed by atoms with Crippen LogP contribution in [-0.2, 0) is 40.4 Å². The zero-order valence-corrected chi connectivity index (χ0v) is 36.5. The Labute approximate surface area is 372 Å². The monoisotopic (exact) mass is 878 g/mol. The van der Waals surface area contributed by atoms with Crippen molar-refractivity contribution in [3.8, 4) is 34.0 Å². The fraction of sp³-hybridized carbons (Fsp3) is 0.532. The van der Waals surface area contributed by atoms with E-state index in [2.05, 4.69) is 61.2 Å². The number of aryl methyl sites for hydroxylation is 1. The smallest absolute Gasteiger partial charge is 0.407 e. The van der Waals surface area contributed by atoms with Crippen LogP contribution in [0, 0.1) is 11.8 Å². The molecule has 3 saturated heterocycles. The maximum absolute atomic E-state index is 14.1. The number of ether oxygens (including phenoxy) is 5. The molecule has 1 saturated carbocycles. The van der Waals surface area contributed by atoms with Crippen LogP contribution in [0.3, 0.4) is 0 Å². The van der Waals surface area contributed by atoms with Crippen LogP contribution in [0.25, 0.3) is 22.5 Å². The topological polar surface area (TPSA) is 211 Å². The lowest BCUT2D eigenvalue weighted by Gasteiger charge is -2.34. The Morgan fingerprint density at radius 2 is 1.44 bits per heavy atom. The highest BCUT2D eigenvalue weighted by Crippen LogP contribution is 2.62. The fourth-order valence-electron chi connectivity index (χ4n) is 10.0. The van der Waals surface area contributed by atoms with E-state index in [1.54, 1.807) is 0 Å². The number of imidazole rings is 2. The van der Waals surface area contributed by atoms with Crippen LogP contribution in [0.5, 0.6) is 11.5 Å². The van der Waals surface area contributed by atoms with Gasteiger partial charge in [-0.25, -0.2) is 19.6 Å². The molecule has 340 valence electrons. The summed E-state index contributed by atoms with van der Waals surface area (Å²) in [5.41, 5.74) is 5.97. The number of hydrogen-bond donors (Lipinski definition) is 5. The van der Waals surface area contributed by atoms with Gasteiger partial charge in [0.1, 0.15) is 35.2 Å². The normalized spacial score (nSPS) is 20.0. The largest absolute Gasteiger partial charge is 0.457 e. The predicted molar refractivity (Wildman–Crippen MR) is 234 cm³/mol. The molecule has 2 aromatic carbocycles. The van der Waals surface area contributed by atoms with Crippen LogP contribution in [0.15, 0.2) is 48.8 Å². The summed E-state index contributed by atoms with van der Waals surface area (Å²) in [5, 5.41) is 8.53. The molecule has 17 heteroatoms. The van der Waals surface area contributed by atoms with Gasteiger partial charge in [0.05, 0.1) is 44.0 Å². The van der Waals surface area contributed by atoms with Gasteiger partial charge in [-0.05, 0) is 100 Å². The number of amides is 4. The Balaban J connectivity index is 0.821. The Morgan fingerprint density at radius 3 is 2.16 bits per heavy atom. The van der Waals surface area contributed by atoms with Gasteiger partial charge in [-0.3, -0.25) is 9.59 Å². The van der Waals surface area contributed by atoms with Crippen molar-refractivity contribution < 1.29 is 42.9 Å². The zero-order valence-electron chi connectivity index (χ0n) is 36.5. The van der Waals surface area contributed by atoms with Crippen molar-refractivity contribution in [2.75, 3.05) is 53.7 Å². The first-order valence-corrected chi connectivity index (χ1v) is 22.7.